The summed E-state index contributed by atoms with van der Waals surface area (Å²) in [5, 5.41) is 3.43. The quantitative estimate of drug-likeness (QED) is 0.892. The van der Waals surface area contributed by atoms with Crippen molar-refractivity contribution in [1.29, 1.82) is 0 Å². The second-order valence-corrected chi connectivity index (χ2v) is 6.21. The fourth-order valence-corrected chi connectivity index (χ4v) is 3.14. The maximum atomic E-state index is 4.34. The third-order valence-electron chi connectivity index (χ3n) is 4.51. The molecule has 1 aliphatic heterocycles. The maximum Gasteiger partial charge on any atom is 0.0598 e. The molecule has 0 aromatic carbocycles. The second-order valence-electron chi connectivity index (χ2n) is 6.21. The van der Waals surface area contributed by atoms with Crippen molar-refractivity contribution in [2.45, 2.75) is 46.6 Å². The van der Waals surface area contributed by atoms with E-state index >= 15 is 0 Å². The van der Waals surface area contributed by atoms with Crippen molar-refractivity contribution in [2.24, 2.45) is 11.8 Å². The summed E-state index contributed by atoms with van der Waals surface area (Å²) in [4.78, 5) is 6.89. The lowest BCUT2D eigenvalue weighted by atomic mass is 9.89. The lowest BCUT2D eigenvalue weighted by Crippen LogP contribution is -2.27. The Bertz CT molecular complexity index is 403. The van der Waals surface area contributed by atoms with Gasteiger partial charge in [0.05, 0.1) is 11.9 Å². The first-order chi connectivity index (χ1) is 9.72. The summed E-state index contributed by atoms with van der Waals surface area (Å²) in [6.07, 6.45) is 7.94. The molecule has 0 amide bonds. The molecular weight excluding hydrogens is 246 g/mol. The average Bonchev–Trinajstić information content (AvgIpc) is 2.71. The third-order valence-corrected chi connectivity index (χ3v) is 4.51. The molecule has 1 aromatic rings. The van der Waals surface area contributed by atoms with Gasteiger partial charge in [0.2, 0.25) is 0 Å². The van der Waals surface area contributed by atoms with Gasteiger partial charge in [-0.1, -0.05) is 20.8 Å². The second kappa shape index (κ2) is 7.63. The molecule has 1 atom stereocenters. The number of hydrogen-bond donors (Lipinski definition) is 1. The lowest BCUT2D eigenvalue weighted by molar-refractivity contribution is 0.351. The largest absolute Gasteiger partial charge is 0.370 e. The van der Waals surface area contributed by atoms with Crippen LogP contribution in [0, 0.1) is 11.8 Å². The molecule has 0 radical (unpaired) electrons. The molecule has 112 valence electrons. The van der Waals surface area contributed by atoms with E-state index in [4.69, 9.17) is 0 Å². The Morgan fingerprint density at radius 2 is 2.20 bits per heavy atom. The summed E-state index contributed by atoms with van der Waals surface area (Å²) in [7, 11) is 0. The Labute approximate surface area is 123 Å². The van der Waals surface area contributed by atoms with E-state index in [-0.39, 0.29) is 0 Å². The number of aromatic nitrogens is 1. The van der Waals surface area contributed by atoms with E-state index in [0.29, 0.717) is 0 Å². The number of rotatable bonds is 5. The molecule has 0 spiro atoms. The highest BCUT2D eigenvalue weighted by Gasteiger charge is 2.20. The Kier molecular flexibility index (Phi) is 5.84. The molecular formula is C17H29N3. The van der Waals surface area contributed by atoms with Crippen molar-refractivity contribution >= 4 is 5.69 Å². The van der Waals surface area contributed by atoms with Crippen LogP contribution in [0.4, 0.5) is 5.69 Å². The summed E-state index contributed by atoms with van der Waals surface area (Å²) in [5.74, 6) is 1.69. The van der Waals surface area contributed by atoms with Crippen LogP contribution in [0.15, 0.2) is 18.5 Å². The zero-order chi connectivity index (χ0) is 14.4. The van der Waals surface area contributed by atoms with Crippen LogP contribution in [0.1, 0.15) is 45.6 Å². The maximum absolute atomic E-state index is 4.34. The predicted octanol–water partition coefficient (Wildman–Crippen LogP) is 3.45. The molecule has 1 aliphatic rings. The van der Waals surface area contributed by atoms with Crippen molar-refractivity contribution in [2.75, 3.05) is 24.5 Å². The normalized spacial score (nSPS) is 20.2. The number of hydrogen-bond acceptors (Lipinski definition) is 3. The van der Waals surface area contributed by atoms with E-state index in [9.17, 15) is 0 Å². The molecule has 1 unspecified atom stereocenters. The molecule has 0 aliphatic carbocycles. The van der Waals surface area contributed by atoms with Crippen molar-refractivity contribution in [3.63, 3.8) is 0 Å². The van der Waals surface area contributed by atoms with Crippen LogP contribution in [0.5, 0.6) is 0 Å². The van der Waals surface area contributed by atoms with E-state index in [1.165, 1.54) is 43.6 Å². The van der Waals surface area contributed by atoms with Crippen LogP contribution >= 0.6 is 0 Å². The summed E-state index contributed by atoms with van der Waals surface area (Å²) in [6.45, 7) is 11.2. The molecule has 1 saturated heterocycles. The highest BCUT2D eigenvalue weighted by Crippen LogP contribution is 2.28. The SMILES string of the molecule is CCNCc1ccncc1N1CCCC(C(C)C)CC1. The van der Waals surface area contributed by atoms with Gasteiger partial charge in [0.15, 0.2) is 0 Å². The zero-order valence-electron chi connectivity index (χ0n) is 13.2. The van der Waals surface area contributed by atoms with Gasteiger partial charge in [0.1, 0.15) is 0 Å². The predicted molar refractivity (Wildman–Crippen MR) is 86.0 cm³/mol. The minimum atomic E-state index is 0.810. The number of anilines is 1. The van der Waals surface area contributed by atoms with Crippen molar-refractivity contribution in [3.05, 3.63) is 24.0 Å². The third kappa shape index (κ3) is 3.95. The zero-order valence-corrected chi connectivity index (χ0v) is 13.2. The van der Waals surface area contributed by atoms with Gasteiger partial charge in [-0.05, 0) is 49.3 Å². The van der Waals surface area contributed by atoms with Gasteiger partial charge in [-0.15, -0.1) is 0 Å². The van der Waals surface area contributed by atoms with Crippen LogP contribution in [0.3, 0.4) is 0 Å². The Balaban J connectivity index is 2.07. The van der Waals surface area contributed by atoms with Crippen LogP contribution in [0.2, 0.25) is 0 Å². The summed E-state index contributed by atoms with van der Waals surface area (Å²) in [5.41, 5.74) is 2.71. The molecule has 20 heavy (non-hydrogen) atoms. The first kappa shape index (κ1) is 15.3. The van der Waals surface area contributed by atoms with E-state index in [1.807, 2.05) is 12.4 Å². The first-order valence-electron chi connectivity index (χ1n) is 8.11. The van der Waals surface area contributed by atoms with Crippen LogP contribution in [-0.4, -0.2) is 24.6 Å². The molecule has 2 rings (SSSR count). The highest BCUT2D eigenvalue weighted by molar-refractivity contribution is 5.51. The lowest BCUT2D eigenvalue weighted by Gasteiger charge is -2.25. The first-order valence-corrected chi connectivity index (χ1v) is 8.11. The Hall–Kier alpha value is -1.09. The smallest absolute Gasteiger partial charge is 0.0598 e. The fourth-order valence-electron chi connectivity index (χ4n) is 3.14. The van der Waals surface area contributed by atoms with Gasteiger partial charge in [0.25, 0.3) is 0 Å². The van der Waals surface area contributed by atoms with Gasteiger partial charge >= 0.3 is 0 Å². The molecule has 2 heterocycles. The monoisotopic (exact) mass is 275 g/mol. The standard InChI is InChI=1S/C17H29N3/c1-4-18-12-16-7-9-19-13-17(16)20-10-5-6-15(8-11-20)14(2)3/h7,9,13-15,18H,4-6,8,10-12H2,1-3H3. The molecule has 0 bridgehead atoms. The van der Waals surface area contributed by atoms with Crippen LogP contribution in [0.25, 0.3) is 0 Å². The molecule has 1 aromatic heterocycles. The molecule has 1 N–H and O–H groups in total. The minimum Gasteiger partial charge on any atom is -0.370 e. The highest BCUT2D eigenvalue weighted by atomic mass is 15.1. The topological polar surface area (TPSA) is 28.2 Å². The Morgan fingerprint density at radius 3 is 2.95 bits per heavy atom. The van der Waals surface area contributed by atoms with Gasteiger partial charge in [0, 0.05) is 25.8 Å². The summed E-state index contributed by atoms with van der Waals surface area (Å²) in [6, 6.07) is 2.16. The fraction of sp³-hybridized carbons (Fsp3) is 0.706. The van der Waals surface area contributed by atoms with Crippen molar-refractivity contribution in [3.8, 4) is 0 Å². The minimum absolute atomic E-state index is 0.810. The molecule has 0 saturated carbocycles. The van der Waals surface area contributed by atoms with Gasteiger partial charge in [-0.3, -0.25) is 4.98 Å². The van der Waals surface area contributed by atoms with Gasteiger partial charge < -0.3 is 10.2 Å². The van der Waals surface area contributed by atoms with E-state index in [1.54, 1.807) is 0 Å². The van der Waals surface area contributed by atoms with E-state index in [2.05, 4.69) is 42.0 Å². The van der Waals surface area contributed by atoms with Crippen molar-refractivity contribution < 1.29 is 0 Å². The molecule has 1 fully saturated rings. The van der Waals surface area contributed by atoms with Crippen LogP contribution < -0.4 is 10.2 Å². The number of pyridine rings is 1. The average molecular weight is 275 g/mol. The number of nitrogens with zero attached hydrogens (tertiary/aromatic N) is 2. The van der Waals surface area contributed by atoms with Crippen LogP contribution in [-0.2, 0) is 6.54 Å². The summed E-state index contributed by atoms with van der Waals surface area (Å²) >= 11 is 0. The molecule has 3 nitrogen and oxygen atoms in total. The molecule has 3 heteroatoms. The van der Waals surface area contributed by atoms with E-state index in [0.717, 1.165) is 24.9 Å². The van der Waals surface area contributed by atoms with Gasteiger partial charge in [-0.25, -0.2) is 0 Å². The van der Waals surface area contributed by atoms with Gasteiger partial charge in [-0.2, -0.15) is 0 Å². The Morgan fingerprint density at radius 1 is 1.35 bits per heavy atom. The van der Waals surface area contributed by atoms with Crippen molar-refractivity contribution in [1.82, 2.24) is 10.3 Å². The van der Waals surface area contributed by atoms with E-state index < -0.39 is 0 Å². The summed E-state index contributed by atoms with van der Waals surface area (Å²) < 4.78 is 0. The number of nitrogens with one attached hydrogen (secondary N) is 1.